The maximum atomic E-state index is 12.1. The summed E-state index contributed by atoms with van der Waals surface area (Å²) in [7, 11) is 1.59. The predicted octanol–water partition coefficient (Wildman–Crippen LogP) is 4.74. The zero-order valence-electron chi connectivity index (χ0n) is 15.9. The van der Waals surface area contributed by atoms with Gasteiger partial charge < -0.3 is 19.0 Å². The fourth-order valence-corrected chi connectivity index (χ4v) is 3.48. The first-order valence-corrected chi connectivity index (χ1v) is 10.4. The molecule has 0 bridgehead atoms. The average Bonchev–Trinajstić information content (AvgIpc) is 3.37. The second-order valence-electron chi connectivity index (χ2n) is 6.26. The summed E-state index contributed by atoms with van der Waals surface area (Å²) in [6.45, 7) is 0. The van der Waals surface area contributed by atoms with Crippen LogP contribution in [0.5, 0.6) is 5.75 Å². The Morgan fingerprint density at radius 3 is 2.83 bits per heavy atom. The zero-order valence-corrected chi connectivity index (χ0v) is 17.5. The molecule has 0 atom stereocenters. The van der Waals surface area contributed by atoms with E-state index in [9.17, 15) is 4.79 Å². The average molecular weight is 445 g/mol. The van der Waals surface area contributed by atoms with Crippen molar-refractivity contribution in [3.8, 4) is 5.75 Å². The molecular weight excluding hydrogens is 428 g/mol. The summed E-state index contributed by atoms with van der Waals surface area (Å²) in [4.78, 5) is 20.8. The number of fused-ring (bicyclic) bond motifs is 1. The molecular formula is C20H17ClN4O4S. The third kappa shape index (κ3) is 5.11. The Morgan fingerprint density at radius 2 is 2.03 bits per heavy atom. The van der Waals surface area contributed by atoms with Crippen LogP contribution < -0.4 is 10.1 Å². The molecule has 0 aliphatic heterocycles. The number of aromatic nitrogens is 3. The van der Waals surface area contributed by atoms with E-state index in [4.69, 9.17) is 25.3 Å². The molecule has 2 aromatic heterocycles. The maximum absolute atomic E-state index is 12.1. The van der Waals surface area contributed by atoms with Crippen LogP contribution in [0.1, 0.15) is 18.1 Å². The van der Waals surface area contributed by atoms with Crippen LogP contribution in [0.3, 0.4) is 0 Å². The summed E-state index contributed by atoms with van der Waals surface area (Å²) in [5.74, 6) is 1.93. The summed E-state index contributed by atoms with van der Waals surface area (Å²) in [5.41, 5.74) is 2.06. The number of nitrogens with zero attached hydrogens (tertiary/aromatic N) is 3. The molecule has 0 radical (unpaired) electrons. The first kappa shape index (κ1) is 20.2. The lowest BCUT2D eigenvalue weighted by Gasteiger charge is -2.05. The third-order valence-electron chi connectivity index (χ3n) is 4.10. The molecule has 10 heteroatoms. The number of oxazole rings is 1. The highest BCUT2D eigenvalue weighted by Crippen LogP contribution is 2.27. The van der Waals surface area contributed by atoms with Crippen molar-refractivity contribution in [1.82, 2.24) is 15.1 Å². The van der Waals surface area contributed by atoms with Gasteiger partial charge in [0.1, 0.15) is 11.3 Å². The normalized spacial score (nSPS) is 11.0. The highest BCUT2D eigenvalue weighted by atomic mass is 35.5. The highest BCUT2D eigenvalue weighted by Gasteiger charge is 2.12. The van der Waals surface area contributed by atoms with Crippen molar-refractivity contribution in [2.24, 2.45) is 0 Å². The first-order valence-electron chi connectivity index (χ1n) is 9.03. The number of ether oxygens (including phenoxy) is 1. The van der Waals surface area contributed by atoms with E-state index in [1.165, 1.54) is 11.8 Å². The lowest BCUT2D eigenvalue weighted by atomic mass is 10.2. The second-order valence-corrected chi connectivity index (χ2v) is 7.62. The molecule has 0 aliphatic carbocycles. The number of amides is 1. The molecule has 2 heterocycles. The number of hydrogen-bond donors (Lipinski definition) is 1. The van der Waals surface area contributed by atoms with E-state index < -0.39 is 0 Å². The molecule has 1 amide bonds. The van der Waals surface area contributed by atoms with Crippen LogP contribution in [0, 0.1) is 0 Å². The van der Waals surface area contributed by atoms with Gasteiger partial charge in [0.05, 0.1) is 12.9 Å². The summed E-state index contributed by atoms with van der Waals surface area (Å²) in [6, 6.07) is 12.4. The fourth-order valence-electron chi connectivity index (χ4n) is 2.64. The molecule has 0 fully saturated rings. The molecule has 0 saturated carbocycles. The topological polar surface area (TPSA) is 103 Å². The molecule has 0 saturated heterocycles. The minimum absolute atomic E-state index is 0.139. The van der Waals surface area contributed by atoms with Crippen molar-refractivity contribution < 1.29 is 18.5 Å². The number of halogens is 1. The van der Waals surface area contributed by atoms with Gasteiger partial charge in [-0.1, -0.05) is 28.5 Å². The van der Waals surface area contributed by atoms with Crippen LogP contribution in [0.15, 0.2) is 56.6 Å². The third-order valence-corrected chi connectivity index (χ3v) is 5.16. The smallest absolute Gasteiger partial charge is 0.257 e. The second kappa shape index (κ2) is 9.19. The van der Waals surface area contributed by atoms with Crippen molar-refractivity contribution in [1.29, 1.82) is 0 Å². The number of methoxy groups -OCH3 is 1. The van der Waals surface area contributed by atoms with Crippen molar-refractivity contribution >= 4 is 46.1 Å². The van der Waals surface area contributed by atoms with Gasteiger partial charge >= 0.3 is 0 Å². The number of rotatable bonds is 8. The van der Waals surface area contributed by atoms with Crippen LogP contribution in [0.25, 0.3) is 11.1 Å². The maximum Gasteiger partial charge on any atom is 0.257 e. The number of carbonyl (C=O) groups excluding carboxylic acids is 1. The summed E-state index contributed by atoms with van der Waals surface area (Å²) in [5, 5.41) is 7.85. The number of carbonyl (C=O) groups is 1. The van der Waals surface area contributed by atoms with Gasteiger partial charge in [0.25, 0.3) is 5.22 Å². The summed E-state index contributed by atoms with van der Waals surface area (Å²) < 4.78 is 16.0. The highest BCUT2D eigenvalue weighted by molar-refractivity contribution is 7.98. The van der Waals surface area contributed by atoms with E-state index in [-0.39, 0.29) is 12.3 Å². The molecule has 4 rings (SSSR count). The summed E-state index contributed by atoms with van der Waals surface area (Å²) >= 11 is 7.31. The Hall–Kier alpha value is -3.04. The lowest BCUT2D eigenvalue weighted by molar-refractivity contribution is -0.116. The zero-order chi connectivity index (χ0) is 20.9. The van der Waals surface area contributed by atoms with Crippen molar-refractivity contribution in [2.45, 2.75) is 23.8 Å². The van der Waals surface area contributed by atoms with Crippen molar-refractivity contribution in [2.75, 3.05) is 12.4 Å². The van der Waals surface area contributed by atoms with E-state index in [0.29, 0.717) is 50.9 Å². The molecule has 0 spiro atoms. The SMILES string of the molecule is COc1ccc(NC(=O)CCc2nc(CSc3nc4cc(Cl)ccc4o3)no2)cc1. The number of hydrogen-bond acceptors (Lipinski definition) is 8. The van der Waals surface area contributed by atoms with Gasteiger partial charge in [0.15, 0.2) is 11.4 Å². The van der Waals surface area contributed by atoms with Gasteiger partial charge in [-0.3, -0.25) is 4.79 Å². The van der Waals surface area contributed by atoms with Crippen LogP contribution in [0.2, 0.25) is 5.02 Å². The van der Waals surface area contributed by atoms with Gasteiger partial charge in [0.2, 0.25) is 11.8 Å². The summed E-state index contributed by atoms with van der Waals surface area (Å²) in [6.07, 6.45) is 0.577. The van der Waals surface area contributed by atoms with Crippen LogP contribution in [0.4, 0.5) is 5.69 Å². The monoisotopic (exact) mass is 444 g/mol. The van der Waals surface area contributed by atoms with E-state index in [2.05, 4.69) is 20.4 Å². The van der Waals surface area contributed by atoms with Crippen molar-refractivity contribution in [3.63, 3.8) is 0 Å². The standard InChI is InChI=1S/C20H17ClN4O4S/c1-27-14-5-3-13(4-6-14)22-18(26)8-9-19-24-17(25-29-19)11-30-20-23-15-10-12(21)2-7-16(15)28-20/h2-7,10H,8-9,11H2,1H3,(H,22,26). The van der Waals surface area contributed by atoms with E-state index in [1.54, 1.807) is 49.6 Å². The largest absolute Gasteiger partial charge is 0.497 e. The quantitative estimate of drug-likeness (QED) is 0.389. The molecule has 4 aromatic rings. The lowest BCUT2D eigenvalue weighted by Crippen LogP contribution is -2.12. The van der Waals surface area contributed by atoms with E-state index >= 15 is 0 Å². The van der Waals surface area contributed by atoms with Gasteiger partial charge in [-0.15, -0.1) is 0 Å². The van der Waals surface area contributed by atoms with Gasteiger partial charge in [-0.25, -0.2) is 4.98 Å². The molecule has 30 heavy (non-hydrogen) atoms. The van der Waals surface area contributed by atoms with E-state index in [0.717, 1.165) is 5.75 Å². The molecule has 0 unspecified atom stereocenters. The predicted molar refractivity (Wildman–Crippen MR) is 113 cm³/mol. The Balaban J connectivity index is 1.26. The molecule has 154 valence electrons. The van der Waals surface area contributed by atoms with Gasteiger partial charge in [0, 0.05) is 23.6 Å². The van der Waals surface area contributed by atoms with Crippen LogP contribution >= 0.6 is 23.4 Å². The number of thioether (sulfide) groups is 1. The number of nitrogens with one attached hydrogen (secondary N) is 1. The Labute approximate surface area is 181 Å². The first-order chi connectivity index (χ1) is 14.6. The number of anilines is 1. The molecule has 1 N–H and O–H groups in total. The molecule has 2 aromatic carbocycles. The van der Waals surface area contributed by atoms with Crippen molar-refractivity contribution in [3.05, 3.63) is 59.2 Å². The Bertz CT molecular complexity index is 1160. The number of benzene rings is 2. The minimum Gasteiger partial charge on any atom is -0.497 e. The fraction of sp³-hybridized carbons (Fsp3) is 0.200. The Kier molecular flexibility index (Phi) is 6.20. The van der Waals surface area contributed by atoms with Crippen LogP contribution in [-0.4, -0.2) is 28.1 Å². The van der Waals surface area contributed by atoms with Gasteiger partial charge in [-0.05, 0) is 42.5 Å². The Morgan fingerprint density at radius 1 is 1.20 bits per heavy atom. The number of aryl methyl sites for hydroxylation is 1. The molecule has 0 aliphatic rings. The van der Waals surface area contributed by atoms with Crippen LogP contribution in [-0.2, 0) is 17.0 Å². The van der Waals surface area contributed by atoms with Gasteiger partial charge in [-0.2, -0.15) is 4.98 Å². The molecule has 8 nitrogen and oxygen atoms in total. The minimum atomic E-state index is -0.139. The van der Waals surface area contributed by atoms with E-state index in [1.807, 2.05) is 0 Å².